The van der Waals surface area contributed by atoms with Gasteiger partial charge in [0.15, 0.2) is 0 Å². The zero-order valence-electron chi connectivity index (χ0n) is 16.2. The van der Waals surface area contributed by atoms with E-state index in [1.807, 2.05) is 0 Å². The van der Waals surface area contributed by atoms with Crippen molar-refractivity contribution < 1.29 is 23.8 Å². The lowest BCUT2D eigenvalue weighted by molar-refractivity contribution is -0.139. The summed E-state index contributed by atoms with van der Waals surface area (Å²) in [5.41, 5.74) is 1.22. The number of benzene rings is 1. The highest BCUT2D eigenvalue weighted by molar-refractivity contribution is 5.86. The van der Waals surface area contributed by atoms with E-state index in [1.54, 1.807) is 19.1 Å². The monoisotopic (exact) mass is 390 g/mol. The number of hydrogen-bond acceptors (Lipinski definition) is 8. The molecular formula is C20H26N2O6. The number of nitrogens with one attached hydrogen (secondary N) is 1. The molecule has 0 spiro atoms. The van der Waals surface area contributed by atoms with Gasteiger partial charge in [-0.1, -0.05) is 0 Å². The molecule has 1 aliphatic rings. The second kappa shape index (κ2) is 9.18. The van der Waals surface area contributed by atoms with E-state index in [9.17, 15) is 14.7 Å². The number of phenols is 1. The van der Waals surface area contributed by atoms with Crippen molar-refractivity contribution in [2.24, 2.45) is 0 Å². The van der Waals surface area contributed by atoms with Gasteiger partial charge in [-0.2, -0.15) is 0 Å². The summed E-state index contributed by atoms with van der Waals surface area (Å²) in [6, 6.07) is 3.27. The van der Waals surface area contributed by atoms with Crippen LogP contribution < -0.4 is 10.9 Å². The zero-order valence-corrected chi connectivity index (χ0v) is 16.2. The number of methoxy groups -OCH3 is 1. The number of carbonyl (C=O) groups is 1. The molecule has 0 atom stereocenters. The fourth-order valence-corrected chi connectivity index (χ4v) is 3.37. The maximum Gasteiger partial charge on any atom is 0.340 e. The number of ether oxygens (including phenoxy) is 2. The predicted molar refractivity (Wildman–Crippen MR) is 104 cm³/mol. The number of rotatable bonds is 7. The van der Waals surface area contributed by atoms with E-state index in [0.29, 0.717) is 28.6 Å². The minimum Gasteiger partial charge on any atom is -0.507 e. The predicted octanol–water partition coefficient (Wildman–Crippen LogP) is 0.944. The fourth-order valence-electron chi connectivity index (χ4n) is 3.37. The SMILES string of the molecule is COC(=O)Cc1c(C)c2ccc(O)c(CNCCN3CCOCC3)c2oc1=O. The van der Waals surface area contributed by atoms with Gasteiger partial charge in [0, 0.05) is 38.1 Å². The second-order valence-electron chi connectivity index (χ2n) is 6.82. The smallest absolute Gasteiger partial charge is 0.340 e. The van der Waals surface area contributed by atoms with Gasteiger partial charge in [0.25, 0.3) is 0 Å². The molecule has 28 heavy (non-hydrogen) atoms. The molecular weight excluding hydrogens is 364 g/mol. The quantitative estimate of drug-likeness (QED) is 0.409. The highest BCUT2D eigenvalue weighted by atomic mass is 16.5. The van der Waals surface area contributed by atoms with Crippen LogP contribution in [0.25, 0.3) is 11.0 Å². The molecule has 2 heterocycles. The molecule has 1 fully saturated rings. The highest BCUT2D eigenvalue weighted by Gasteiger charge is 2.18. The van der Waals surface area contributed by atoms with Crippen LogP contribution in [0.5, 0.6) is 5.75 Å². The summed E-state index contributed by atoms with van der Waals surface area (Å²) >= 11 is 0. The first-order valence-electron chi connectivity index (χ1n) is 9.36. The van der Waals surface area contributed by atoms with Gasteiger partial charge in [-0.25, -0.2) is 4.79 Å². The van der Waals surface area contributed by atoms with Gasteiger partial charge >= 0.3 is 11.6 Å². The maximum absolute atomic E-state index is 12.4. The Morgan fingerprint density at radius 2 is 2.04 bits per heavy atom. The van der Waals surface area contributed by atoms with Gasteiger partial charge < -0.3 is 24.3 Å². The fraction of sp³-hybridized carbons (Fsp3) is 0.500. The number of fused-ring (bicyclic) bond motifs is 1. The van der Waals surface area contributed by atoms with Crippen molar-refractivity contribution in [3.8, 4) is 5.75 Å². The molecule has 152 valence electrons. The van der Waals surface area contributed by atoms with Gasteiger partial charge in [-0.15, -0.1) is 0 Å². The Hall–Kier alpha value is -2.42. The van der Waals surface area contributed by atoms with E-state index < -0.39 is 11.6 Å². The van der Waals surface area contributed by atoms with Crippen molar-refractivity contribution in [3.63, 3.8) is 0 Å². The number of esters is 1. The molecule has 0 aliphatic carbocycles. The van der Waals surface area contributed by atoms with E-state index in [2.05, 4.69) is 15.0 Å². The third-order valence-electron chi connectivity index (χ3n) is 5.09. The van der Waals surface area contributed by atoms with Crippen LogP contribution in [0.1, 0.15) is 16.7 Å². The van der Waals surface area contributed by atoms with Crippen molar-refractivity contribution in [3.05, 3.63) is 39.2 Å². The average molecular weight is 390 g/mol. The minimum absolute atomic E-state index is 0.0645. The molecule has 2 N–H and O–H groups in total. The van der Waals surface area contributed by atoms with Crippen LogP contribution in [0.3, 0.4) is 0 Å². The number of morpholine rings is 1. The maximum atomic E-state index is 12.4. The lowest BCUT2D eigenvalue weighted by Crippen LogP contribution is -2.40. The Kier molecular flexibility index (Phi) is 6.66. The van der Waals surface area contributed by atoms with Crippen LogP contribution in [0.2, 0.25) is 0 Å². The van der Waals surface area contributed by atoms with Crippen LogP contribution in [0.15, 0.2) is 21.3 Å². The first-order chi connectivity index (χ1) is 13.5. The molecule has 2 aromatic rings. The molecule has 8 heteroatoms. The number of aromatic hydroxyl groups is 1. The Balaban J connectivity index is 1.78. The van der Waals surface area contributed by atoms with E-state index in [4.69, 9.17) is 9.15 Å². The summed E-state index contributed by atoms with van der Waals surface area (Å²) in [4.78, 5) is 26.3. The Morgan fingerprint density at radius 1 is 1.29 bits per heavy atom. The highest BCUT2D eigenvalue weighted by Crippen LogP contribution is 2.29. The topological polar surface area (TPSA) is 101 Å². The van der Waals surface area contributed by atoms with Gasteiger partial charge in [-0.3, -0.25) is 9.69 Å². The summed E-state index contributed by atoms with van der Waals surface area (Å²) in [6.07, 6.45) is -0.144. The molecule has 1 aromatic carbocycles. The number of carbonyl (C=O) groups excluding carboxylic acids is 1. The number of hydrogen-bond donors (Lipinski definition) is 2. The van der Waals surface area contributed by atoms with Crippen LogP contribution in [-0.2, 0) is 27.2 Å². The molecule has 3 rings (SSSR count). The standard InChI is InChI=1S/C20H26N2O6/c1-13-14-3-4-17(23)16(12-21-5-6-22-7-9-27-10-8-22)19(14)28-20(25)15(13)11-18(24)26-2/h3-4,21,23H,5-12H2,1-2H3. The van der Waals surface area contributed by atoms with E-state index in [0.717, 1.165) is 39.4 Å². The van der Waals surface area contributed by atoms with Crippen molar-refractivity contribution in [2.75, 3.05) is 46.5 Å². The van der Waals surface area contributed by atoms with Crippen LogP contribution >= 0.6 is 0 Å². The average Bonchev–Trinajstić information content (AvgIpc) is 2.70. The van der Waals surface area contributed by atoms with Gasteiger partial charge in [0.1, 0.15) is 11.3 Å². The summed E-state index contributed by atoms with van der Waals surface area (Å²) in [7, 11) is 1.28. The molecule has 1 aromatic heterocycles. The number of nitrogens with zero attached hydrogens (tertiary/aromatic N) is 1. The number of phenolic OH excluding ortho intramolecular Hbond substituents is 1. The summed E-state index contributed by atoms with van der Waals surface area (Å²) in [6.45, 7) is 7.08. The van der Waals surface area contributed by atoms with Crippen molar-refractivity contribution in [2.45, 2.75) is 19.9 Å². The van der Waals surface area contributed by atoms with Crippen molar-refractivity contribution >= 4 is 16.9 Å². The Labute approximate surface area is 163 Å². The van der Waals surface area contributed by atoms with Crippen LogP contribution in [0.4, 0.5) is 0 Å². The molecule has 0 bridgehead atoms. The van der Waals surface area contributed by atoms with Crippen molar-refractivity contribution in [1.29, 1.82) is 0 Å². The third kappa shape index (κ3) is 4.52. The largest absolute Gasteiger partial charge is 0.507 e. The van der Waals surface area contributed by atoms with Crippen LogP contribution in [-0.4, -0.2) is 62.5 Å². The van der Waals surface area contributed by atoms with Crippen LogP contribution in [0, 0.1) is 6.92 Å². The van der Waals surface area contributed by atoms with E-state index in [-0.39, 0.29) is 17.7 Å². The summed E-state index contributed by atoms with van der Waals surface area (Å²) in [5.74, 6) is -0.437. The molecule has 0 amide bonds. The first kappa shape index (κ1) is 20.3. The number of aryl methyl sites for hydroxylation is 1. The second-order valence-corrected chi connectivity index (χ2v) is 6.82. The molecule has 0 saturated carbocycles. The minimum atomic E-state index is -0.587. The van der Waals surface area contributed by atoms with E-state index >= 15 is 0 Å². The summed E-state index contributed by atoms with van der Waals surface area (Å²) in [5, 5.41) is 14.3. The van der Waals surface area contributed by atoms with Gasteiger partial charge in [-0.05, 0) is 24.6 Å². The molecule has 8 nitrogen and oxygen atoms in total. The Morgan fingerprint density at radius 3 is 2.75 bits per heavy atom. The van der Waals surface area contributed by atoms with Gasteiger partial charge in [0.05, 0.1) is 37.9 Å². The lowest BCUT2D eigenvalue weighted by atomic mass is 10.0. The van der Waals surface area contributed by atoms with Gasteiger partial charge in [0.2, 0.25) is 0 Å². The normalized spacial score (nSPS) is 15.1. The zero-order chi connectivity index (χ0) is 20.1. The van der Waals surface area contributed by atoms with Crippen molar-refractivity contribution in [1.82, 2.24) is 10.2 Å². The van der Waals surface area contributed by atoms with E-state index in [1.165, 1.54) is 7.11 Å². The molecule has 1 aliphatic heterocycles. The molecule has 1 saturated heterocycles. The molecule has 0 radical (unpaired) electrons. The first-order valence-corrected chi connectivity index (χ1v) is 9.36. The molecule has 0 unspecified atom stereocenters. The third-order valence-corrected chi connectivity index (χ3v) is 5.09. The Bertz CT molecular complexity index is 902. The summed E-state index contributed by atoms with van der Waals surface area (Å²) < 4.78 is 15.5. The lowest BCUT2D eigenvalue weighted by Gasteiger charge is -2.26.